The zero-order valence-electron chi connectivity index (χ0n) is 12.6. The van der Waals surface area contributed by atoms with Crippen LogP contribution in [0.15, 0.2) is 24.3 Å². The quantitative estimate of drug-likeness (QED) is 0.620. The number of hydrogen-bond acceptors (Lipinski definition) is 4. The van der Waals surface area contributed by atoms with Gasteiger partial charge < -0.3 is 10.4 Å². The number of aliphatic hydroxyl groups is 1. The average Bonchev–Trinajstić information content (AvgIpc) is 2.37. The molecule has 1 aromatic rings. The lowest BCUT2D eigenvalue weighted by Crippen LogP contribution is -2.32. The molecule has 0 fully saturated rings. The van der Waals surface area contributed by atoms with Gasteiger partial charge in [-0.25, -0.2) is 0 Å². The van der Waals surface area contributed by atoms with E-state index in [-0.39, 0.29) is 11.1 Å². The number of rotatable bonds is 6. The maximum absolute atomic E-state index is 10.6. The molecule has 0 aromatic heterocycles. The monoisotopic (exact) mass is 280 g/mol. The third-order valence-electron chi connectivity index (χ3n) is 3.76. The zero-order chi connectivity index (χ0) is 15.3. The molecule has 2 atom stereocenters. The smallest absolute Gasteiger partial charge is 0.269 e. The molecule has 5 nitrogen and oxygen atoms in total. The Morgan fingerprint density at radius 3 is 2.25 bits per heavy atom. The van der Waals surface area contributed by atoms with Gasteiger partial charge in [0.2, 0.25) is 0 Å². The second kappa shape index (κ2) is 6.81. The Labute approximate surface area is 120 Å². The van der Waals surface area contributed by atoms with E-state index in [1.54, 1.807) is 12.1 Å². The van der Waals surface area contributed by atoms with E-state index in [1.165, 1.54) is 12.1 Å². The molecule has 2 N–H and O–H groups in total. The summed E-state index contributed by atoms with van der Waals surface area (Å²) in [6.45, 7) is 10.0. The van der Waals surface area contributed by atoms with Crippen LogP contribution >= 0.6 is 0 Å². The average molecular weight is 280 g/mol. The summed E-state index contributed by atoms with van der Waals surface area (Å²) in [4.78, 5) is 10.1. The summed E-state index contributed by atoms with van der Waals surface area (Å²) in [7, 11) is 0. The van der Waals surface area contributed by atoms with Gasteiger partial charge in [-0.15, -0.1) is 0 Å². The van der Waals surface area contributed by atoms with Gasteiger partial charge in [0.25, 0.3) is 5.69 Å². The molecule has 0 radical (unpaired) electrons. The van der Waals surface area contributed by atoms with Crippen molar-refractivity contribution in [1.82, 2.24) is 5.32 Å². The van der Waals surface area contributed by atoms with Crippen LogP contribution in [0.1, 0.15) is 39.4 Å². The Kier molecular flexibility index (Phi) is 5.65. The first-order chi connectivity index (χ1) is 9.21. The van der Waals surface area contributed by atoms with Crippen molar-refractivity contribution in [2.75, 3.05) is 13.1 Å². The van der Waals surface area contributed by atoms with Crippen LogP contribution < -0.4 is 5.32 Å². The van der Waals surface area contributed by atoms with Gasteiger partial charge in [0, 0.05) is 18.7 Å². The molecule has 0 bridgehead atoms. The highest BCUT2D eigenvalue weighted by atomic mass is 16.6. The first kappa shape index (κ1) is 16.6. The van der Waals surface area contributed by atoms with Crippen LogP contribution in [0.3, 0.4) is 0 Å². The summed E-state index contributed by atoms with van der Waals surface area (Å²) in [6, 6.07) is 6.02. The number of non-ortho nitro benzene ring substituents is 1. The number of benzene rings is 1. The lowest BCUT2D eigenvalue weighted by Gasteiger charge is -2.27. The fourth-order valence-corrected chi connectivity index (χ4v) is 1.68. The molecule has 5 heteroatoms. The van der Waals surface area contributed by atoms with Crippen LogP contribution in [0.2, 0.25) is 0 Å². The summed E-state index contributed by atoms with van der Waals surface area (Å²) in [5.41, 5.74) is 0.951. The second-order valence-corrected chi connectivity index (χ2v) is 6.29. The Balaban J connectivity index is 2.47. The third kappa shape index (κ3) is 4.90. The number of hydrogen-bond donors (Lipinski definition) is 2. The summed E-state index contributed by atoms with van der Waals surface area (Å²) in [6.07, 6.45) is -0.650. The lowest BCUT2D eigenvalue weighted by molar-refractivity contribution is -0.384. The standard InChI is InChI=1S/C15H24N2O3/c1-11(15(2,3)4)9-16-10-14(18)12-5-7-13(8-6-12)17(19)20/h5-8,11,14,16,18H,9-10H2,1-4H3. The van der Waals surface area contributed by atoms with Crippen LogP contribution in [0.25, 0.3) is 0 Å². The van der Waals surface area contributed by atoms with Crippen molar-refractivity contribution in [3.63, 3.8) is 0 Å². The molecule has 112 valence electrons. The van der Waals surface area contributed by atoms with E-state index in [1.807, 2.05) is 0 Å². The van der Waals surface area contributed by atoms with E-state index in [0.717, 1.165) is 6.54 Å². The Morgan fingerprint density at radius 2 is 1.80 bits per heavy atom. The van der Waals surface area contributed by atoms with Crippen LogP contribution in [0.5, 0.6) is 0 Å². The van der Waals surface area contributed by atoms with Crippen molar-refractivity contribution in [2.24, 2.45) is 11.3 Å². The van der Waals surface area contributed by atoms with E-state index in [0.29, 0.717) is 18.0 Å². The van der Waals surface area contributed by atoms with Crippen molar-refractivity contribution in [3.8, 4) is 0 Å². The fraction of sp³-hybridized carbons (Fsp3) is 0.600. The van der Waals surface area contributed by atoms with Crippen molar-refractivity contribution < 1.29 is 10.0 Å². The van der Waals surface area contributed by atoms with E-state index < -0.39 is 11.0 Å². The van der Waals surface area contributed by atoms with Crippen LogP contribution in [0, 0.1) is 21.4 Å². The highest BCUT2D eigenvalue weighted by Gasteiger charge is 2.19. The molecular formula is C15H24N2O3. The van der Waals surface area contributed by atoms with E-state index >= 15 is 0 Å². The van der Waals surface area contributed by atoms with Gasteiger partial charge in [-0.3, -0.25) is 10.1 Å². The second-order valence-electron chi connectivity index (χ2n) is 6.29. The van der Waals surface area contributed by atoms with Crippen molar-refractivity contribution in [2.45, 2.75) is 33.8 Å². The molecule has 1 rings (SSSR count). The van der Waals surface area contributed by atoms with Gasteiger partial charge in [0.05, 0.1) is 11.0 Å². The summed E-state index contributed by atoms with van der Waals surface area (Å²) in [5.74, 6) is 0.492. The van der Waals surface area contributed by atoms with Crippen molar-refractivity contribution >= 4 is 5.69 Å². The number of aliphatic hydroxyl groups excluding tert-OH is 1. The fourth-order valence-electron chi connectivity index (χ4n) is 1.68. The molecule has 0 amide bonds. The van der Waals surface area contributed by atoms with Crippen LogP contribution in [-0.2, 0) is 0 Å². The summed E-state index contributed by atoms with van der Waals surface area (Å²) >= 11 is 0. The molecule has 0 saturated carbocycles. The molecule has 0 saturated heterocycles. The normalized spacial score (nSPS) is 14.8. The maximum atomic E-state index is 10.6. The first-order valence-corrected chi connectivity index (χ1v) is 6.85. The molecule has 0 aliphatic carbocycles. The minimum atomic E-state index is -0.650. The molecular weight excluding hydrogens is 256 g/mol. The third-order valence-corrected chi connectivity index (χ3v) is 3.76. The Hall–Kier alpha value is -1.46. The molecule has 0 aliphatic rings. The molecule has 0 spiro atoms. The Bertz CT molecular complexity index is 437. The molecule has 2 unspecified atom stereocenters. The van der Waals surface area contributed by atoms with E-state index in [4.69, 9.17) is 0 Å². The van der Waals surface area contributed by atoms with Gasteiger partial charge in [-0.1, -0.05) is 27.7 Å². The van der Waals surface area contributed by atoms with E-state index in [2.05, 4.69) is 33.0 Å². The van der Waals surface area contributed by atoms with Gasteiger partial charge in [0.1, 0.15) is 0 Å². The molecule has 0 heterocycles. The number of nitrogens with one attached hydrogen (secondary N) is 1. The van der Waals surface area contributed by atoms with Gasteiger partial charge >= 0.3 is 0 Å². The maximum Gasteiger partial charge on any atom is 0.269 e. The minimum Gasteiger partial charge on any atom is -0.387 e. The SMILES string of the molecule is CC(CNCC(O)c1ccc([N+](=O)[O-])cc1)C(C)(C)C. The predicted octanol–water partition coefficient (Wildman–Crippen LogP) is 2.90. The van der Waals surface area contributed by atoms with Crippen molar-refractivity contribution in [3.05, 3.63) is 39.9 Å². The van der Waals surface area contributed by atoms with E-state index in [9.17, 15) is 15.2 Å². The van der Waals surface area contributed by atoms with Crippen LogP contribution in [0.4, 0.5) is 5.69 Å². The highest BCUT2D eigenvalue weighted by molar-refractivity contribution is 5.33. The van der Waals surface area contributed by atoms with Gasteiger partial charge in [-0.05, 0) is 35.6 Å². The van der Waals surface area contributed by atoms with Gasteiger partial charge in [-0.2, -0.15) is 0 Å². The lowest BCUT2D eigenvalue weighted by atomic mass is 9.82. The number of nitrogens with zero attached hydrogens (tertiary/aromatic N) is 1. The molecule has 20 heavy (non-hydrogen) atoms. The predicted molar refractivity (Wildman–Crippen MR) is 79.5 cm³/mol. The number of nitro benzene ring substituents is 1. The first-order valence-electron chi connectivity index (χ1n) is 6.85. The van der Waals surface area contributed by atoms with Gasteiger partial charge in [0.15, 0.2) is 0 Å². The number of nitro groups is 1. The minimum absolute atomic E-state index is 0.0373. The summed E-state index contributed by atoms with van der Waals surface area (Å²) in [5, 5.41) is 23.8. The van der Waals surface area contributed by atoms with Crippen molar-refractivity contribution in [1.29, 1.82) is 0 Å². The topological polar surface area (TPSA) is 75.4 Å². The zero-order valence-corrected chi connectivity index (χ0v) is 12.6. The highest BCUT2D eigenvalue weighted by Crippen LogP contribution is 2.24. The summed E-state index contributed by atoms with van der Waals surface area (Å²) < 4.78 is 0. The Morgan fingerprint density at radius 1 is 1.25 bits per heavy atom. The molecule has 0 aliphatic heterocycles. The van der Waals surface area contributed by atoms with Crippen LogP contribution in [-0.4, -0.2) is 23.1 Å². The molecule has 1 aromatic carbocycles. The largest absolute Gasteiger partial charge is 0.387 e.